The highest BCUT2D eigenvalue weighted by atomic mass is 14.6. The van der Waals surface area contributed by atoms with Crippen LogP contribution in [0.25, 0.3) is 11.1 Å². The molecular weight excluding hydrogens is 420 g/mol. The lowest BCUT2D eigenvalue weighted by molar-refractivity contribution is 0.270. The fourth-order valence-corrected chi connectivity index (χ4v) is 8.08. The largest absolute Gasteiger partial charge is 0.0654 e. The Kier molecular flexibility index (Phi) is 7.10. The summed E-state index contributed by atoms with van der Waals surface area (Å²) in [7, 11) is 0. The van der Waals surface area contributed by atoms with Crippen LogP contribution in [0.5, 0.6) is 0 Å². The zero-order chi connectivity index (χ0) is 23.7. The highest BCUT2D eigenvalue weighted by molar-refractivity contribution is 5.64. The normalized spacial score (nSPS) is 30.2. The Morgan fingerprint density at radius 2 is 1.03 bits per heavy atom. The second-order valence-electron chi connectivity index (χ2n) is 13.1. The van der Waals surface area contributed by atoms with Gasteiger partial charge in [0.25, 0.3) is 0 Å². The van der Waals surface area contributed by atoms with E-state index in [0.717, 1.165) is 35.0 Å². The second-order valence-corrected chi connectivity index (χ2v) is 13.1. The molecule has 0 aromatic heterocycles. The van der Waals surface area contributed by atoms with Gasteiger partial charge in [0.2, 0.25) is 0 Å². The van der Waals surface area contributed by atoms with Gasteiger partial charge in [-0.1, -0.05) is 68.3 Å². The van der Waals surface area contributed by atoms with Gasteiger partial charge in [-0.3, -0.25) is 0 Å². The summed E-state index contributed by atoms with van der Waals surface area (Å²) in [6.45, 7) is 2.34. The first-order valence-electron chi connectivity index (χ1n) is 15.4. The summed E-state index contributed by atoms with van der Waals surface area (Å²) in [5.74, 6) is 4.73. The van der Waals surface area contributed by atoms with Gasteiger partial charge in [0.15, 0.2) is 0 Å². The minimum absolute atomic E-state index is 0.790. The van der Waals surface area contributed by atoms with Gasteiger partial charge in [0.1, 0.15) is 0 Å². The van der Waals surface area contributed by atoms with Crippen molar-refractivity contribution in [1.82, 2.24) is 0 Å². The molecule has 4 saturated carbocycles. The van der Waals surface area contributed by atoms with Crippen molar-refractivity contribution in [2.24, 2.45) is 23.2 Å². The third-order valence-corrected chi connectivity index (χ3v) is 10.9. The van der Waals surface area contributed by atoms with Crippen LogP contribution in [0.2, 0.25) is 0 Å². The summed E-state index contributed by atoms with van der Waals surface area (Å²) < 4.78 is 0. The smallest absolute Gasteiger partial charge is 0.0162 e. The van der Waals surface area contributed by atoms with Crippen molar-refractivity contribution < 1.29 is 0 Å². The molecule has 0 unspecified atom stereocenters. The van der Waals surface area contributed by atoms with Crippen LogP contribution in [0.1, 0.15) is 133 Å². The molecule has 35 heavy (non-hydrogen) atoms. The number of rotatable bonds is 9. The van der Waals surface area contributed by atoms with Gasteiger partial charge in [0, 0.05) is 0 Å². The molecule has 0 radical (unpaired) electrons. The molecule has 0 spiro atoms. The van der Waals surface area contributed by atoms with Crippen molar-refractivity contribution in [3.05, 3.63) is 59.7 Å². The number of hydrogen-bond donors (Lipinski definition) is 0. The molecule has 0 aliphatic heterocycles. The molecule has 0 bridgehead atoms. The number of hydrogen-bond acceptors (Lipinski definition) is 0. The van der Waals surface area contributed by atoms with Crippen molar-refractivity contribution in [2.45, 2.75) is 121 Å². The Labute approximate surface area is 215 Å². The van der Waals surface area contributed by atoms with E-state index in [-0.39, 0.29) is 0 Å². The summed E-state index contributed by atoms with van der Waals surface area (Å²) >= 11 is 0. The summed E-state index contributed by atoms with van der Waals surface area (Å²) in [6, 6.07) is 19.3. The first kappa shape index (κ1) is 23.8. The third kappa shape index (κ3) is 5.57. The second kappa shape index (κ2) is 10.4. The molecule has 2 aromatic carbocycles. The molecule has 0 nitrogen and oxygen atoms in total. The molecule has 0 heterocycles. The van der Waals surface area contributed by atoms with E-state index in [0.29, 0.717) is 0 Å². The molecule has 188 valence electrons. The van der Waals surface area contributed by atoms with Crippen molar-refractivity contribution in [2.75, 3.05) is 0 Å². The minimum atomic E-state index is 0.790. The van der Waals surface area contributed by atoms with Gasteiger partial charge in [0.05, 0.1) is 0 Å². The standard InChI is InChI=1S/C35H48/c1-2-3-26-4-8-28(9-5-26)30-12-16-32(17-13-30)33-18-14-31(15-19-33)29-10-6-27(7-11-29)22-23-35(24-25-35)34-20-21-34/h12-19,26-29,34H,2-11,20-25H2,1H3. The SMILES string of the molecule is CCCC1CCC(c2ccc(-c3ccc(C4CCC(CCC5(C6CC6)CC5)CC4)cc3)cc2)CC1. The van der Waals surface area contributed by atoms with Crippen molar-refractivity contribution in [1.29, 1.82) is 0 Å². The monoisotopic (exact) mass is 468 g/mol. The summed E-state index contributed by atoms with van der Waals surface area (Å²) in [4.78, 5) is 0. The lowest BCUT2D eigenvalue weighted by Gasteiger charge is -2.30. The van der Waals surface area contributed by atoms with Crippen LogP contribution in [0.15, 0.2) is 48.5 Å². The van der Waals surface area contributed by atoms with Gasteiger partial charge in [-0.25, -0.2) is 0 Å². The van der Waals surface area contributed by atoms with Crippen molar-refractivity contribution in [3.63, 3.8) is 0 Å². The summed E-state index contributed by atoms with van der Waals surface area (Å²) in [5.41, 5.74) is 6.77. The molecule has 0 amide bonds. The van der Waals surface area contributed by atoms with E-state index in [1.807, 2.05) is 0 Å². The lowest BCUT2D eigenvalue weighted by Crippen LogP contribution is -2.15. The Hall–Kier alpha value is -1.56. The van der Waals surface area contributed by atoms with E-state index in [1.165, 1.54) is 81.8 Å². The Bertz CT molecular complexity index is 927. The van der Waals surface area contributed by atoms with E-state index in [1.54, 1.807) is 43.2 Å². The first-order chi connectivity index (χ1) is 17.2. The maximum atomic E-state index is 2.44. The maximum absolute atomic E-state index is 2.44. The molecule has 4 aliphatic rings. The van der Waals surface area contributed by atoms with Crippen LogP contribution in [-0.2, 0) is 0 Å². The maximum Gasteiger partial charge on any atom is -0.0162 e. The molecule has 0 atom stereocenters. The highest BCUT2D eigenvalue weighted by Gasteiger charge is 2.53. The zero-order valence-corrected chi connectivity index (χ0v) is 22.3. The molecule has 0 saturated heterocycles. The molecular formula is C35H48. The van der Waals surface area contributed by atoms with Gasteiger partial charge in [-0.05, 0) is 147 Å². The zero-order valence-electron chi connectivity index (χ0n) is 22.3. The summed E-state index contributed by atoms with van der Waals surface area (Å²) in [5, 5.41) is 0. The number of benzene rings is 2. The van der Waals surface area contributed by atoms with Gasteiger partial charge in [-0.2, -0.15) is 0 Å². The van der Waals surface area contributed by atoms with Crippen LogP contribution < -0.4 is 0 Å². The van der Waals surface area contributed by atoms with Crippen molar-refractivity contribution >= 4 is 0 Å². The molecule has 4 aliphatic carbocycles. The predicted octanol–water partition coefficient (Wildman–Crippen LogP) is 10.7. The quantitative estimate of drug-likeness (QED) is 0.343. The topological polar surface area (TPSA) is 0 Å². The minimum Gasteiger partial charge on any atom is -0.0654 e. The predicted molar refractivity (Wildman–Crippen MR) is 150 cm³/mol. The summed E-state index contributed by atoms with van der Waals surface area (Å²) in [6.07, 6.45) is 23.5. The van der Waals surface area contributed by atoms with E-state index in [9.17, 15) is 0 Å². The fraction of sp³-hybridized carbons (Fsp3) is 0.657. The van der Waals surface area contributed by atoms with E-state index in [2.05, 4.69) is 55.5 Å². The van der Waals surface area contributed by atoms with Crippen LogP contribution in [0.4, 0.5) is 0 Å². The van der Waals surface area contributed by atoms with E-state index >= 15 is 0 Å². The Balaban J connectivity index is 0.989. The van der Waals surface area contributed by atoms with Crippen molar-refractivity contribution in [3.8, 4) is 11.1 Å². The highest BCUT2D eigenvalue weighted by Crippen LogP contribution is 2.64. The van der Waals surface area contributed by atoms with Gasteiger partial charge in [-0.15, -0.1) is 0 Å². The van der Waals surface area contributed by atoms with Gasteiger partial charge < -0.3 is 0 Å². The van der Waals surface area contributed by atoms with E-state index in [4.69, 9.17) is 0 Å². The molecule has 0 N–H and O–H groups in total. The lowest BCUT2D eigenvalue weighted by atomic mass is 9.75. The molecule has 4 fully saturated rings. The van der Waals surface area contributed by atoms with Crippen LogP contribution in [0.3, 0.4) is 0 Å². The molecule has 2 aromatic rings. The van der Waals surface area contributed by atoms with Crippen LogP contribution in [0, 0.1) is 23.2 Å². The molecule has 6 rings (SSSR count). The Morgan fingerprint density at radius 3 is 1.43 bits per heavy atom. The first-order valence-corrected chi connectivity index (χ1v) is 15.4. The molecule has 0 heteroatoms. The Morgan fingerprint density at radius 1 is 0.571 bits per heavy atom. The fourth-order valence-electron chi connectivity index (χ4n) is 8.08. The van der Waals surface area contributed by atoms with Crippen LogP contribution in [-0.4, -0.2) is 0 Å². The van der Waals surface area contributed by atoms with Gasteiger partial charge >= 0.3 is 0 Å². The average molecular weight is 469 g/mol. The average Bonchev–Trinajstić information content (AvgIpc) is 3.83. The van der Waals surface area contributed by atoms with Crippen LogP contribution >= 0.6 is 0 Å². The third-order valence-electron chi connectivity index (χ3n) is 10.9. The van der Waals surface area contributed by atoms with E-state index < -0.39 is 0 Å².